The highest BCUT2D eigenvalue weighted by Crippen LogP contribution is 2.12. The summed E-state index contributed by atoms with van der Waals surface area (Å²) in [4.78, 5) is 0. The van der Waals surface area contributed by atoms with E-state index in [0.717, 1.165) is 5.69 Å². The number of hydrogen-bond acceptors (Lipinski definition) is 3. The molecule has 1 rings (SSSR count). The predicted molar refractivity (Wildman–Crippen MR) is 37.2 cm³/mol. The minimum atomic E-state index is -0.698. The molecule has 56 valence electrons. The van der Waals surface area contributed by atoms with Crippen molar-refractivity contribution < 1.29 is 5.11 Å². The summed E-state index contributed by atoms with van der Waals surface area (Å²) < 4.78 is 0. The zero-order valence-corrected chi connectivity index (χ0v) is 5.83. The van der Waals surface area contributed by atoms with Gasteiger partial charge in [-0.1, -0.05) is 0 Å². The Labute approximate surface area is 59.1 Å². The Morgan fingerprint density at radius 2 is 2.60 bits per heavy atom. The summed E-state index contributed by atoms with van der Waals surface area (Å²) in [5.41, 5.74) is 5.71. The van der Waals surface area contributed by atoms with Gasteiger partial charge < -0.3 is 10.8 Å². The largest absolute Gasteiger partial charge is 0.394 e. The Morgan fingerprint density at radius 1 is 1.90 bits per heavy atom. The van der Waals surface area contributed by atoms with Crippen LogP contribution in [0.2, 0.25) is 0 Å². The molecule has 0 saturated carbocycles. The van der Waals surface area contributed by atoms with Crippen molar-refractivity contribution in [2.75, 3.05) is 6.61 Å². The average molecular weight is 141 g/mol. The molecule has 0 bridgehead atoms. The van der Waals surface area contributed by atoms with Crippen LogP contribution in [0.4, 0.5) is 0 Å². The zero-order valence-electron chi connectivity index (χ0n) is 5.83. The molecule has 1 aromatic rings. The summed E-state index contributed by atoms with van der Waals surface area (Å²) in [5.74, 6) is 0. The van der Waals surface area contributed by atoms with Crippen molar-refractivity contribution in [3.8, 4) is 0 Å². The molecule has 4 N–H and O–H groups in total. The Morgan fingerprint density at radius 3 is 3.00 bits per heavy atom. The van der Waals surface area contributed by atoms with Gasteiger partial charge in [-0.2, -0.15) is 5.10 Å². The Bertz CT molecular complexity index is 193. The van der Waals surface area contributed by atoms with Crippen molar-refractivity contribution in [3.05, 3.63) is 18.0 Å². The molecular formula is C6H11N3O. The molecule has 1 atom stereocenters. The van der Waals surface area contributed by atoms with Crippen molar-refractivity contribution >= 4 is 0 Å². The summed E-state index contributed by atoms with van der Waals surface area (Å²) in [6.07, 6.45) is 1.61. The van der Waals surface area contributed by atoms with Gasteiger partial charge in [0.15, 0.2) is 0 Å². The molecule has 10 heavy (non-hydrogen) atoms. The predicted octanol–water partition coefficient (Wildman–Crippen LogP) is -0.424. The Hall–Kier alpha value is -0.870. The lowest BCUT2D eigenvalue weighted by atomic mass is 10.0. The molecular weight excluding hydrogens is 130 g/mol. The maximum absolute atomic E-state index is 8.79. The lowest BCUT2D eigenvalue weighted by molar-refractivity contribution is 0.206. The van der Waals surface area contributed by atoms with Crippen molar-refractivity contribution in [2.24, 2.45) is 5.73 Å². The SMILES string of the molecule is CC(N)(CO)c1ccn[nH]1. The molecule has 4 heteroatoms. The third kappa shape index (κ3) is 1.17. The van der Waals surface area contributed by atoms with Crippen LogP contribution < -0.4 is 5.73 Å². The molecule has 0 aromatic carbocycles. The van der Waals surface area contributed by atoms with E-state index in [1.54, 1.807) is 19.2 Å². The van der Waals surface area contributed by atoms with Crippen LogP contribution >= 0.6 is 0 Å². The molecule has 1 heterocycles. The van der Waals surface area contributed by atoms with E-state index in [-0.39, 0.29) is 6.61 Å². The van der Waals surface area contributed by atoms with E-state index >= 15 is 0 Å². The van der Waals surface area contributed by atoms with Gasteiger partial charge in [-0.25, -0.2) is 0 Å². The maximum atomic E-state index is 8.79. The van der Waals surface area contributed by atoms with Gasteiger partial charge in [0.05, 0.1) is 17.8 Å². The average Bonchev–Trinajstić information content (AvgIpc) is 2.38. The Balaban J connectivity index is 2.85. The number of rotatable bonds is 2. The first-order chi connectivity index (χ1) is 4.67. The minimum Gasteiger partial charge on any atom is -0.394 e. The van der Waals surface area contributed by atoms with E-state index in [4.69, 9.17) is 10.8 Å². The number of aromatic amines is 1. The summed E-state index contributed by atoms with van der Waals surface area (Å²) in [6, 6.07) is 1.75. The van der Waals surface area contributed by atoms with E-state index in [1.165, 1.54) is 0 Å². The van der Waals surface area contributed by atoms with Crippen LogP contribution in [-0.4, -0.2) is 21.9 Å². The van der Waals surface area contributed by atoms with Gasteiger partial charge in [-0.05, 0) is 13.0 Å². The molecule has 0 fully saturated rings. The second-order valence-corrected chi connectivity index (χ2v) is 2.55. The number of aliphatic hydroxyl groups excluding tert-OH is 1. The molecule has 0 saturated heterocycles. The molecule has 1 aromatic heterocycles. The zero-order chi connectivity index (χ0) is 7.61. The topological polar surface area (TPSA) is 74.9 Å². The number of nitrogens with zero attached hydrogens (tertiary/aromatic N) is 1. The van der Waals surface area contributed by atoms with Crippen LogP contribution in [0.15, 0.2) is 12.3 Å². The number of aliphatic hydroxyl groups is 1. The molecule has 0 amide bonds. The van der Waals surface area contributed by atoms with Crippen LogP contribution in [0, 0.1) is 0 Å². The van der Waals surface area contributed by atoms with Crippen LogP contribution in [0.1, 0.15) is 12.6 Å². The lowest BCUT2D eigenvalue weighted by Gasteiger charge is -2.18. The first-order valence-electron chi connectivity index (χ1n) is 3.06. The first kappa shape index (κ1) is 7.24. The third-order valence-electron chi connectivity index (χ3n) is 1.44. The van der Waals surface area contributed by atoms with Gasteiger partial charge in [0.1, 0.15) is 0 Å². The first-order valence-corrected chi connectivity index (χ1v) is 3.06. The molecule has 0 spiro atoms. The van der Waals surface area contributed by atoms with Gasteiger partial charge in [0.25, 0.3) is 0 Å². The number of hydrogen-bond donors (Lipinski definition) is 3. The van der Waals surface area contributed by atoms with Gasteiger partial charge in [-0.15, -0.1) is 0 Å². The van der Waals surface area contributed by atoms with Crippen LogP contribution in [0.25, 0.3) is 0 Å². The quantitative estimate of drug-likeness (QED) is 0.523. The van der Waals surface area contributed by atoms with E-state index in [0.29, 0.717) is 0 Å². The number of nitrogens with one attached hydrogen (secondary N) is 1. The van der Waals surface area contributed by atoms with E-state index < -0.39 is 5.54 Å². The van der Waals surface area contributed by atoms with Crippen molar-refractivity contribution in [3.63, 3.8) is 0 Å². The molecule has 0 aliphatic carbocycles. The third-order valence-corrected chi connectivity index (χ3v) is 1.44. The van der Waals surface area contributed by atoms with Crippen molar-refractivity contribution in [1.82, 2.24) is 10.2 Å². The van der Waals surface area contributed by atoms with Gasteiger partial charge >= 0.3 is 0 Å². The summed E-state index contributed by atoms with van der Waals surface area (Å²) in [6.45, 7) is 1.65. The summed E-state index contributed by atoms with van der Waals surface area (Å²) in [7, 11) is 0. The smallest absolute Gasteiger partial charge is 0.0783 e. The molecule has 4 nitrogen and oxygen atoms in total. The van der Waals surface area contributed by atoms with Gasteiger partial charge in [0, 0.05) is 6.20 Å². The fraction of sp³-hybridized carbons (Fsp3) is 0.500. The number of nitrogens with two attached hydrogens (primary N) is 1. The molecule has 0 aliphatic rings. The van der Waals surface area contributed by atoms with Crippen LogP contribution in [0.3, 0.4) is 0 Å². The van der Waals surface area contributed by atoms with Crippen LogP contribution in [0.5, 0.6) is 0 Å². The maximum Gasteiger partial charge on any atom is 0.0783 e. The standard InChI is InChI=1S/C6H11N3O/c1-6(7,4-10)5-2-3-8-9-5/h2-3,10H,4,7H2,1H3,(H,8,9). The second kappa shape index (κ2) is 2.40. The lowest BCUT2D eigenvalue weighted by Crippen LogP contribution is -2.37. The van der Waals surface area contributed by atoms with Gasteiger partial charge in [-0.3, -0.25) is 5.10 Å². The highest BCUT2D eigenvalue weighted by Gasteiger charge is 2.20. The van der Waals surface area contributed by atoms with Crippen LogP contribution in [-0.2, 0) is 5.54 Å². The van der Waals surface area contributed by atoms with E-state index in [1.807, 2.05) is 0 Å². The van der Waals surface area contributed by atoms with E-state index in [2.05, 4.69) is 10.2 Å². The second-order valence-electron chi connectivity index (χ2n) is 2.55. The fourth-order valence-corrected chi connectivity index (χ4v) is 0.659. The highest BCUT2D eigenvalue weighted by molar-refractivity contribution is 5.10. The number of aromatic nitrogens is 2. The Kier molecular flexibility index (Phi) is 1.74. The summed E-state index contributed by atoms with van der Waals surface area (Å²) >= 11 is 0. The molecule has 0 radical (unpaired) electrons. The minimum absolute atomic E-state index is 0.0881. The summed E-state index contributed by atoms with van der Waals surface area (Å²) in [5, 5.41) is 15.2. The van der Waals surface area contributed by atoms with E-state index in [9.17, 15) is 0 Å². The number of H-pyrrole nitrogens is 1. The molecule has 0 aliphatic heterocycles. The highest BCUT2D eigenvalue weighted by atomic mass is 16.3. The van der Waals surface area contributed by atoms with Crippen molar-refractivity contribution in [1.29, 1.82) is 0 Å². The normalized spacial score (nSPS) is 16.7. The van der Waals surface area contributed by atoms with Crippen molar-refractivity contribution in [2.45, 2.75) is 12.5 Å². The fourth-order valence-electron chi connectivity index (χ4n) is 0.659. The monoisotopic (exact) mass is 141 g/mol. The molecule has 1 unspecified atom stereocenters. The van der Waals surface area contributed by atoms with Gasteiger partial charge in [0.2, 0.25) is 0 Å².